The highest BCUT2D eigenvalue weighted by Gasteiger charge is 2.24. The zero-order chi connectivity index (χ0) is 21.1. The molecule has 0 radical (unpaired) electrons. The lowest BCUT2D eigenvalue weighted by Gasteiger charge is -2.32. The number of piperidine rings is 1. The molecular formula is C22H21Cl2FN4O. The van der Waals surface area contributed by atoms with Crippen molar-refractivity contribution in [1.29, 1.82) is 0 Å². The lowest BCUT2D eigenvalue weighted by atomic mass is 10.0. The average molecular weight is 447 g/mol. The van der Waals surface area contributed by atoms with Crippen LogP contribution in [-0.2, 0) is 6.54 Å². The van der Waals surface area contributed by atoms with Gasteiger partial charge >= 0.3 is 0 Å². The molecule has 0 bridgehead atoms. The highest BCUT2D eigenvalue weighted by molar-refractivity contribution is 6.34. The number of carbonyl (C=O) groups excluding carboxylic acids is 1. The second kappa shape index (κ2) is 9.16. The van der Waals surface area contributed by atoms with Gasteiger partial charge in [0.05, 0.1) is 17.5 Å². The van der Waals surface area contributed by atoms with Crippen LogP contribution in [0.2, 0.25) is 10.0 Å². The molecule has 0 aliphatic carbocycles. The Hall–Kier alpha value is -2.41. The maximum absolute atomic E-state index is 14.1. The van der Waals surface area contributed by atoms with E-state index in [0.717, 1.165) is 38.0 Å². The molecule has 2 aromatic carbocycles. The van der Waals surface area contributed by atoms with Crippen molar-refractivity contribution in [3.63, 3.8) is 0 Å². The highest BCUT2D eigenvalue weighted by Crippen LogP contribution is 2.25. The third-order valence-corrected chi connectivity index (χ3v) is 5.71. The number of aromatic nitrogens is 2. The molecule has 1 aliphatic heterocycles. The Labute approximate surface area is 184 Å². The molecule has 1 aromatic heterocycles. The van der Waals surface area contributed by atoms with Gasteiger partial charge in [-0.15, -0.1) is 0 Å². The predicted octanol–water partition coefficient (Wildman–Crippen LogP) is 4.92. The number of rotatable bonds is 5. The molecule has 0 saturated carbocycles. The summed E-state index contributed by atoms with van der Waals surface area (Å²) in [6.45, 7) is 2.46. The van der Waals surface area contributed by atoms with Crippen LogP contribution in [0.4, 0.5) is 4.39 Å². The summed E-state index contributed by atoms with van der Waals surface area (Å²) in [6, 6.07) is 11.9. The molecule has 0 unspecified atom stereocenters. The van der Waals surface area contributed by atoms with Crippen molar-refractivity contribution >= 4 is 29.1 Å². The summed E-state index contributed by atoms with van der Waals surface area (Å²) in [5.41, 5.74) is 2.13. The van der Waals surface area contributed by atoms with Crippen LogP contribution in [0.25, 0.3) is 11.3 Å². The van der Waals surface area contributed by atoms with Crippen molar-refractivity contribution in [2.24, 2.45) is 0 Å². The molecular weight excluding hydrogens is 426 g/mol. The zero-order valence-electron chi connectivity index (χ0n) is 16.2. The molecule has 156 valence electrons. The Morgan fingerprint density at radius 2 is 1.87 bits per heavy atom. The standard InChI is InChI=1S/C22H21Cl2FN4O/c23-15-9-14(10-16(24)11-15)13-29-7-5-17(6-8-29)27-22(30)19-12-26-28-21(19)18-3-1-2-4-20(18)25/h1-4,9-12,17H,5-8,13H2,(H,26,28)(H,27,30). The topological polar surface area (TPSA) is 61.0 Å². The SMILES string of the molecule is O=C(NC1CCN(Cc2cc(Cl)cc(Cl)c2)CC1)c1cn[nH]c1-c1ccccc1F. The van der Waals surface area contributed by atoms with E-state index < -0.39 is 5.82 Å². The first kappa shape index (κ1) is 20.8. The van der Waals surface area contributed by atoms with Crippen LogP contribution in [-0.4, -0.2) is 40.1 Å². The largest absolute Gasteiger partial charge is 0.349 e. The van der Waals surface area contributed by atoms with Gasteiger partial charge in [-0.2, -0.15) is 5.10 Å². The van der Waals surface area contributed by atoms with E-state index in [9.17, 15) is 9.18 Å². The Kier molecular flexibility index (Phi) is 6.37. The van der Waals surface area contributed by atoms with Gasteiger partial charge in [-0.3, -0.25) is 14.8 Å². The fraction of sp³-hybridized carbons (Fsp3) is 0.273. The zero-order valence-corrected chi connectivity index (χ0v) is 17.7. The molecule has 5 nitrogen and oxygen atoms in total. The third kappa shape index (κ3) is 4.83. The number of hydrogen-bond donors (Lipinski definition) is 2. The van der Waals surface area contributed by atoms with Crippen molar-refractivity contribution in [2.45, 2.75) is 25.4 Å². The molecule has 8 heteroatoms. The number of halogens is 3. The number of hydrogen-bond acceptors (Lipinski definition) is 3. The van der Waals surface area contributed by atoms with Crippen molar-refractivity contribution in [3.05, 3.63) is 75.7 Å². The third-order valence-electron chi connectivity index (χ3n) is 5.28. The number of amides is 1. The maximum atomic E-state index is 14.1. The summed E-state index contributed by atoms with van der Waals surface area (Å²) in [5, 5.41) is 11.0. The van der Waals surface area contributed by atoms with E-state index in [-0.39, 0.29) is 11.9 Å². The fourth-order valence-corrected chi connectivity index (χ4v) is 4.36. The van der Waals surface area contributed by atoms with E-state index in [0.29, 0.717) is 26.9 Å². The lowest BCUT2D eigenvalue weighted by molar-refractivity contribution is 0.0909. The van der Waals surface area contributed by atoms with Gasteiger partial charge in [-0.25, -0.2) is 4.39 Å². The molecule has 2 heterocycles. The van der Waals surface area contributed by atoms with Gasteiger partial charge in [0, 0.05) is 41.3 Å². The van der Waals surface area contributed by atoms with Gasteiger partial charge in [0.15, 0.2) is 0 Å². The molecule has 0 atom stereocenters. The minimum absolute atomic E-state index is 0.0556. The second-order valence-corrected chi connectivity index (χ2v) is 8.31. The van der Waals surface area contributed by atoms with Crippen LogP contribution < -0.4 is 5.32 Å². The van der Waals surface area contributed by atoms with Crippen LogP contribution in [0, 0.1) is 5.82 Å². The number of likely N-dealkylation sites (tertiary alicyclic amines) is 1. The molecule has 1 aliphatic rings. The van der Waals surface area contributed by atoms with E-state index in [1.165, 1.54) is 12.3 Å². The normalized spacial score (nSPS) is 15.3. The summed E-state index contributed by atoms with van der Waals surface area (Å²) < 4.78 is 14.1. The first-order chi connectivity index (χ1) is 14.5. The molecule has 3 aromatic rings. The van der Waals surface area contributed by atoms with Crippen LogP contribution in [0.5, 0.6) is 0 Å². The van der Waals surface area contributed by atoms with Gasteiger partial charge in [0.1, 0.15) is 5.82 Å². The molecule has 1 amide bonds. The Balaban J connectivity index is 1.35. The monoisotopic (exact) mass is 446 g/mol. The molecule has 4 rings (SSSR count). The minimum Gasteiger partial charge on any atom is -0.349 e. The van der Waals surface area contributed by atoms with Crippen molar-refractivity contribution in [3.8, 4) is 11.3 Å². The minimum atomic E-state index is -0.398. The molecule has 1 saturated heterocycles. The smallest absolute Gasteiger partial charge is 0.255 e. The summed E-state index contributed by atoms with van der Waals surface area (Å²) in [7, 11) is 0. The van der Waals surface area contributed by atoms with Gasteiger partial charge in [-0.1, -0.05) is 35.3 Å². The molecule has 1 fully saturated rings. The number of benzene rings is 2. The van der Waals surface area contributed by atoms with Crippen molar-refractivity contribution < 1.29 is 9.18 Å². The predicted molar refractivity (Wildman–Crippen MR) is 116 cm³/mol. The fourth-order valence-electron chi connectivity index (χ4n) is 3.79. The van der Waals surface area contributed by atoms with E-state index in [1.54, 1.807) is 24.3 Å². The molecule has 0 spiro atoms. The van der Waals surface area contributed by atoms with Crippen molar-refractivity contribution in [1.82, 2.24) is 20.4 Å². The summed E-state index contributed by atoms with van der Waals surface area (Å²) in [4.78, 5) is 15.1. The van der Waals surface area contributed by atoms with E-state index in [1.807, 2.05) is 12.1 Å². The van der Waals surface area contributed by atoms with Gasteiger partial charge < -0.3 is 5.32 Å². The summed E-state index contributed by atoms with van der Waals surface area (Å²) in [6.07, 6.45) is 3.09. The second-order valence-electron chi connectivity index (χ2n) is 7.44. The Bertz CT molecular complexity index is 1030. The van der Waals surface area contributed by atoms with Crippen LogP contribution in [0.1, 0.15) is 28.8 Å². The van der Waals surface area contributed by atoms with E-state index in [4.69, 9.17) is 23.2 Å². The highest BCUT2D eigenvalue weighted by atomic mass is 35.5. The number of carbonyl (C=O) groups is 1. The van der Waals surface area contributed by atoms with Gasteiger partial charge in [0.25, 0.3) is 5.91 Å². The van der Waals surface area contributed by atoms with Crippen LogP contribution in [0.3, 0.4) is 0 Å². The quantitative estimate of drug-likeness (QED) is 0.584. The van der Waals surface area contributed by atoms with Crippen LogP contribution in [0.15, 0.2) is 48.7 Å². The van der Waals surface area contributed by atoms with Crippen molar-refractivity contribution in [2.75, 3.05) is 13.1 Å². The molecule has 30 heavy (non-hydrogen) atoms. The lowest BCUT2D eigenvalue weighted by Crippen LogP contribution is -2.44. The Morgan fingerprint density at radius 3 is 2.57 bits per heavy atom. The average Bonchev–Trinajstić information content (AvgIpc) is 3.19. The van der Waals surface area contributed by atoms with Gasteiger partial charge in [0.2, 0.25) is 0 Å². The van der Waals surface area contributed by atoms with Crippen LogP contribution >= 0.6 is 23.2 Å². The van der Waals surface area contributed by atoms with E-state index >= 15 is 0 Å². The number of aromatic amines is 1. The maximum Gasteiger partial charge on any atom is 0.255 e. The number of nitrogens with zero attached hydrogens (tertiary/aromatic N) is 2. The van der Waals surface area contributed by atoms with Gasteiger partial charge in [-0.05, 0) is 48.7 Å². The molecule has 2 N–H and O–H groups in total. The summed E-state index contributed by atoms with van der Waals surface area (Å²) >= 11 is 12.2. The number of nitrogens with one attached hydrogen (secondary N) is 2. The first-order valence-corrected chi connectivity index (χ1v) is 10.5. The Morgan fingerprint density at radius 1 is 1.17 bits per heavy atom. The number of H-pyrrole nitrogens is 1. The summed E-state index contributed by atoms with van der Waals surface area (Å²) in [5.74, 6) is -0.646. The van der Waals surface area contributed by atoms with E-state index in [2.05, 4.69) is 20.4 Å². The first-order valence-electron chi connectivity index (χ1n) is 9.76.